The molecule has 4 heterocycles. The SMILES string of the molecule is Cn1c(=O)n(N2C(=O)CCCC2=O)c2ccc(-c3ccc(N4CCN(CC5CCNCC5)CC4)cc3)cc21. The van der Waals surface area contributed by atoms with Crippen LogP contribution in [-0.4, -0.2) is 71.8 Å². The van der Waals surface area contributed by atoms with Crippen LogP contribution in [0.2, 0.25) is 0 Å². The van der Waals surface area contributed by atoms with E-state index in [1.807, 2.05) is 18.2 Å². The van der Waals surface area contributed by atoms with Gasteiger partial charge in [-0.15, -0.1) is 0 Å². The lowest BCUT2D eigenvalue weighted by Crippen LogP contribution is -2.52. The molecular weight excluding hydrogens is 480 g/mol. The first-order valence-corrected chi connectivity index (χ1v) is 13.9. The average molecular weight is 517 g/mol. The van der Waals surface area contributed by atoms with Crippen molar-refractivity contribution in [2.75, 3.05) is 55.7 Å². The van der Waals surface area contributed by atoms with Crippen molar-refractivity contribution in [2.45, 2.75) is 32.1 Å². The Kier molecular flexibility index (Phi) is 6.80. The van der Waals surface area contributed by atoms with Crippen molar-refractivity contribution in [3.8, 4) is 11.1 Å². The van der Waals surface area contributed by atoms with Crippen LogP contribution in [-0.2, 0) is 16.6 Å². The van der Waals surface area contributed by atoms with Crippen molar-refractivity contribution in [3.63, 3.8) is 0 Å². The monoisotopic (exact) mass is 516 g/mol. The highest BCUT2D eigenvalue weighted by molar-refractivity contribution is 6.11. The number of nitrogens with one attached hydrogen (secondary N) is 1. The highest BCUT2D eigenvalue weighted by atomic mass is 16.2. The molecule has 1 N–H and O–H groups in total. The lowest BCUT2D eigenvalue weighted by molar-refractivity contribution is -0.131. The number of hydrogen-bond donors (Lipinski definition) is 1. The molecule has 3 fully saturated rings. The third-order valence-electron chi connectivity index (χ3n) is 8.40. The zero-order chi connectivity index (χ0) is 26.2. The van der Waals surface area contributed by atoms with Crippen LogP contribution in [0.5, 0.6) is 0 Å². The van der Waals surface area contributed by atoms with Gasteiger partial charge in [0.15, 0.2) is 0 Å². The molecular formula is C29H36N6O3. The minimum absolute atomic E-state index is 0.270. The third-order valence-corrected chi connectivity index (χ3v) is 8.40. The fourth-order valence-electron chi connectivity index (χ4n) is 6.14. The number of rotatable bonds is 5. The van der Waals surface area contributed by atoms with Gasteiger partial charge in [0, 0.05) is 58.3 Å². The number of imidazole rings is 1. The number of fused-ring (bicyclic) bond motifs is 1. The Labute approximate surface area is 222 Å². The highest BCUT2D eigenvalue weighted by Gasteiger charge is 2.31. The number of benzene rings is 2. The van der Waals surface area contributed by atoms with Crippen LogP contribution in [0.3, 0.4) is 0 Å². The molecule has 0 unspecified atom stereocenters. The maximum atomic E-state index is 13.0. The van der Waals surface area contributed by atoms with E-state index in [-0.39, 0.29) is 24.7 Å². The van der Waals surface area contributed by atoms with E-state index in [1.54, 1.807) is 7.05 Å². The Balaban J connectivity index is 1.17. The van der Waals surface area contributed by atoms with Crippen LogP contribution in [0.1, 0.15) is 32.1 Å². The molecule has 0 radical (unpaired) electrons. The van der Waals surface area contributed by atoms with Crippen molar-refractivity contribution >= 4 is 28.5 Å². The van der Waals surface area contributed by atoms with Crippen LogP contribution >= 0.6 is 0 Å². The molecule has 2 aromatic carbocycles. The second kappa shape index (κ2) is 10.4. The van der Waals surface area contributed by atoms with Gasteiger partial charge in [0.1, 0.15) is 0 Å². The van der Waals surface area contributed by atoms with Gasteiger partial charge in [0.05, 0.1) is 11.0 Å². The van der Waals surface area contributed by atoms with Crippen molar-refractivity contribution < 1.29 is 9.59 Å². The van der Waals surface area contributed by atoms with E-state index in [2.05, 4.69) is 39.4 Å². The van der Waals surface area contributed by atoms with Crippen LogP contribution in [0.4, 0.5) is 5.69 Å². The van der Waals surface area contributed by atoms with Crippen molar-refractivity contribution in [1.29, 1.82) is 0 Å². The predicted molar refractivity (Wildman–Crippen MR) is 149 cm³/mol. The van der Waals surface area contributed by atoms with Gasteiger partial charge in [-0.2, -0.15) is 9.69 Å². The van der Waals surface area contributed by atoms with E-state index in [1.165, 1.54) is 34.3 Å². The van der Waals surface area contributed by atoms with Crippen molar-refractivity contribution in [2.24, 2.45) is 13.0 Å². The molecule has 9 nitrogen and oxygen atoms in total. The summed E-state index contributed by atoms with van der Waals surface area (Å²) >= 11 is 0. The molecule has 9 heteroatoms. The molecule has 0 saturated carbocycles. The summed E-state index contributed by atoms with van der Waals surface area (Å²) in [6, 6.07) is 14.4. The zero-order valence-electron chi connectivity index (χ0n) is 22.1. The normalized spacial score (nSPS) is 20.0. The Morgan fingerprint density at radius 1 is 0.816 bits per heavy atom. The second-order valence-corrected chi connectivity index (χ2v) is 10.8. The summed E-state index contributed by atoms with van der Waals surface area (Å²) in [6.07, 6.45) is 3.65. The third kappa shape index (κ3) is 4.65. The number of aromatic nitrogens is 2. The maximum Gasteiger partial charge on any atom is 0.348 e. The first-order chi connectivity index (χ1) is 18.5. The molecule has 200 valence electrons. The summed E-state index contributed by atoms with van der Waals surface area (Å²) in [5, 5.41) is 4.48. The van der Waals surface area contributed by atoms with Crippen LogP contribution in [0.15, 0.2) is 47.3 Å². The number of nitrogens with zero attached hydrogens (tertiary/aromatic N) is 5. The minimum atomic E-state index is -0.393. The lowest BCUT2D eigenvalue weighted by atomic mass is 9.97. The quantitative estimate of drug-likeness (QED) is 0.524. The molecule has 3 saturated heterocycles. The molecule has 3 aromatic rings. The number of piperidine rings is 2. The van der Waals surface area contributed by atoms with E-state index in [0.29, 0.717) is 17.5 Å². The van der Waals surface area contributed by atoms with Crippen molar-refractivity contribution in [1.82, 2.24) is 19.5 Å². The van der Waals surface area contributed by atoms with Crippen LogP contribution in [0.25, 0.3) is 22.2 Å². The number of imide groups is 1. The Morgan fingerprint density at radius 2 is 1.47 bits per heavy atom. The maximum absolute atomic E-state index is 13.0. The Bertz CT molecular complexity index is 1380. The molecule has 0 aliphatic carbocycles. The molecule has 2 amide bonds. The molecule has 38 heavy (non-hydrogen) atoms. The number of aryl methyl sites for hydroxylation is 1. The molecule has 3 aliphatic heterocycles. The standard InChI is InChI=1S/C29H36N6O3/c1-31-26-19-23(7-10-25(26)34(29(31)38)35-27(36)3-2-4-28(35)37)22-5-8-24(9-6-22)33-17-15-32(16-18-33)20-21-11-13-30-14-12-21/h5-10,19,21,30H,2-4,11-18,20H2,1H3. The summed E-state index contributed by atoms with van der Waals surface area (Å²) in [5.41, 5.74) is 4.13. The molecule has 6 rings (SSSR count). The van der Waals surface area contributed by atoms with Gasteiger partial charge < -0.3 is 10.2 Å². The van der Waals surface area contributed by atoms with Gasteiger partial charge >= 0.3 is 5.69 Å². The van der Waals surface area contributed by atoms with Gasteiger partial charge in [0.2, 0.25) is 11.8 Å². The van der Waals surface area contributed by atoms with E-state index in [4.69, 9.17) is 0 Å². The smallest absolute Gasteiger partial charge is 0.348 e. The molecule has 0 atom stereocenters. The number of carbonyl (C=O) groups is 2. The zero-order valence-corrected chi connectivity index (χ0v) is 22.1. The second-order valence-electron chi connectivity index (χ2n) is 10.8. The Hall–Kier alpha value is -3.43. The van der Waals surface area contributed by atoms with E-state index >= 15 is 0 Å². The van der Waals surface area contributed by atoms with E-state index < -0.39 is 5.69 Å². The predicted octanol–water partition coefficient (Wildman–Crippen LogP) is 2.30. The number of amides is 2. The average Bonchev–Trinajstić information content (AvgIpc) is 3.19. The van der Waals surface area contributed by atoms with Gasteiger partial charge in [-0.25, -0.2) is 4.79 Å². The molecule has 0 bridgehead atoms. The van der Waals surface area contributed by atoms with Crippen LogP contribution in [0, 0.1) is 5.92 Å². The summed E-state index contributed by atoms with van der Waals surface area (Å²) in [5.74, 6) is 0.168. The topological polar surface area (TPSA) is 82.8 Å². The van der Waals surface area contributed by atoms with Crippen molar-refractivity contribution in [3.05, 3.63) is 52.9 Å². The van der Waals surface area contributed by atoms with Gasteiger partial charge in [0.25, 0.3) is 0 Å². The van der Waals surface area contributed by atoms with E-state index in [9.17, 15) is 14.4 Å². The highest BCUT2D eigenvalue weighted by Crippen LogP contribution is 2.28. The summed E-state index contributed by atoms with van der Waals surface area (Å²) < 4.78 is 2.74. The first-order valence-electron chi connectivity index (χ1n) is 13.9. The van der Waals surface area contributed by atoms with Gasteiger partial charge in [-0.3, -0.25) is 19.1 Å². The lowest BCUT2D eigenvalue weighted by Gasteiger charge is -2.38. The van der Waals surface area contributed by atoms with E-state index in [0.717, 1.165) is 61.3 Å². The summed E-state index contributed by atoms with van der Waals surface area (Å²) in [6.45, 7) is 7.83. The number of hydrogen-bond acceptors (Lipinski definition) is 6. The molecule has 3 aliphatic rings. The Morgan fingerprint density at radius 3 is 2.16 bits per heavy atom. The van der Waals surface area contributed by atoms with Crippen LogP contribution < -0.4 is 20.9 Å². The fourth-order valence-corrected chi connectivity index (χ4v) is 6.14. The van der Waals surface area contributed by atoms with Gasteiger partial charge in [-0.1, -0.05) is 18.2 Å². The number of anilines is 1. The summed E-state index contributed by atoms with van der Waals surface area (Å²) in [4.78, 5) is 43.1. The largest absolute Gasteiger partial charge is 0.369 e. The first kappa shape index (κ1) is 24.9. The number of piperazine rings is 1. The molecule has 1 aromatic heterocycles. The fraction of sp³-hybridized carbons (Fsp3) is 0.483. The van der Waals surface area contributed by atoms with Gasteiger partial charge in [-0.05, 0) is 73.7 Å². The minimum Gasteiger partial charge on any atom is -0.369 e. The number of carbonyl (C=O) groups excluding carboxylic acids is 2. The summed E-state index contributed by atoms with van der Waals surface area (Å²) in [7, 11) is 1.68. The molecule has 0 spiro atoms.